The van der Waals surface area contributed by atoms with Gasteiger partial charge < -0.3 is 10.1 Å². The van der Waals surface area contributed by atoms with Gasteiger partial charge in [-0.05, 0) is 35.4 Å². The van der Waals surface area contributed by atoms with E-state index in [1.54, 1.807) is 6.20 Å². The molecule has 1 aliphatic heterocycles. The zero-order valence-electron chi connectivity index (χ0n) is 11.1. The molecule has 0 aliphatic carbocycles. The van der Waals surface area contributed by atoms with Gasteiger partial charge in [-0.15, -0.1) is 0 Å². The lowest BCUT2D eigenvalue weighted by Crippen LogP contribution is -2.26. The fourth-order valence-electron chi connectivity index (χ4n) is 2.27. The maximum absolute atomic E-state index is 12.1. The van der Waals surface area contributed by atoms with Crippen molar-refractivity contribution in [3.05, 3.63) is 65.0 Å². The van der Waals surface area contributed by atoms with Crippen molar-refractivity contribution in [2.24, 2.45) is 0 Å². The number of benzene rings is 1. The van der Waals surface area contributed by atoms with Gasteiger partial charge in [0.2, 0.25) is 0 Å². The smallest absolute Gasteiger partial charge is 0.251 e. The summed E-state index contributed by atoms with van der Waals surface area (Å²) in [5, 5.41) is 2.92. The molecule has 4 heteroatoms. The summed E-state index contributed by atoms with van der Waals surface area (Å²) in [6.45, 7) is 1.84. The van der Waals surface area contributed by atoms with E-state index in [0.29, 0.717) is 25.3 Å². The van der Waals surface area contributed by atoms with Crippen LogP contribution in [0.1, 0.15) is 27.2 Å². The van der Waals surface area contributed by atoms with Gasteiger partial charge in [0.05, 0.1) is 13.2 Å². The Hall–Kier alpha value is -2.20. The first-order valence-corrected chi connectivity index (χ1v) is 6.70. The third kappa shape index (κ3) is 2.86. The first kappa shape index (κ1) is 12.8. The second kappa shape index (κ2) is 5.84. The van der Waals surface area contributed by atoms with Gasteiger partial charge in [-0.2, -0.15) is 0 Å². The number of rotatable bonds is 4. The summed E-state index contributed by atoms with van der Waals surface area (Å²) in [6, 6.07) is 11.5. The maximum atomic E-state index is 12.1. The zero-order chi connectivity index (χ0) is 13.8. The number of nitrogens with zero attached hydrogens (tertiary/aromatic N) is 1. The number of pyridine rings is 1. The van der Waals surface area contributed by atoms with Gasteiger partial charge >= 0.3 is 0 Å². The molecule has 0 atom stereocenters. The molecule has 0 fully saturated rings. The molecule has 0 saturated heterocycles. The van der Waals surface area contributed by atoms with Crippen molar-refractivity contribution in [3.63, 3.8) is 0 Å². The summed E-state index contributed by atoms with van der Waals surface area (Å²) < 4.78 is 5.35. The van der Waals surface area contributed by atoms with Crippen molar-refractivity contribution in [2.45, 2.75) is 19.6 Å². The molecule has 1 aromatic heterocycles. The van der Waals surface area contributed by atoms with Crippen molar-refractivity contribution >= 4 is 5.91 Å². The number of ether oxygens (including phenoxy) is 1. The fourth-order valence-corrected chi connectivity index (χ4v) is 2.27. The number of hydrogen-bond acceptors (Lipinski definition) is 3. The number of fused-ring (bicyclic) bond motifs is 1. The lowest BCUT2D eigenvalue weighted by molar-refractivity contribution is 0.0954. The second-order valence-electron chi connectivity index (χ2n) is 4.80. The Balaban J connectivity index is 1.57. The number of amides is 1. The molecule has 0 spiro atoms. The number of aromatic nitrogens is 1. The van der Waals surface area contributed by atoms with E-state index < -0.39 is 0 Å². The van der Waals surface area contributed by atoms with Crippen LogP contribution in [0.15, 0.2) is 42.6 Å². The van der Waals surface area contributed by atoms with Crippen LogP contribution in [0.2, 0.25) is 0 Å². The highest BCUT2D eigenvalue weighted by Crippen LogP contribution is 2.20. The normalized spacial score (nSPS) is 13.0. The molecule has 0 bridgehead atoms. The van der Waals surface area contributed by atoms with Crippen LogP contribution >= 0.6 is 0 Å². The molecule has 0 unspecified atom stereocenters. The summed E-state index contributed by atoms with van der Waals surface area (Å²) in [4.78, 5) is 16.3. The van der Waals surface area contributed by atoms with Crippen LogP contribution in [-0.2, 0) is 24.4 Å². The summed E-state index contributed by atoms with van der Waals surface area (Å²) in [7, 11) is 0. The van der Waals surface area contributed by atoms with Crippen LogP contribution < -0.4 is 5.32 Å². The molecule has 2 aromatic rings. The van der Waals surface area contributed by atoms with Crippen molar-refractivity contribution < 1.29 is 9.53 Å². The minimum absolute atomic E-state index is 0.0457. The average Bonchev–Trinajstić information content (AvgIpc) is 2.95. The minimum Gasteiger partial charge on any atom is -0.372 e. The quantitative estimate of drug-likeness (QED) is 0.923. The third-order valence-electron chi connectivity index (χ3n) is 3.38. The summed E-state index contributed by atoms with van der Waals surface area (Å²) in [6.07, 6.45) is 2.50. The number of hydrogen-bond donors (Lipinski definition) is 1. The van der Waals surface area contributed by atoms with E-state index in [1.165, 1.54) is 5.56 Å². The molecular weight excluding hydrogens is 252 g/mol. The molecule has 102 valence electrons. The van der Waals surface area contributed by atoms with Crippen LogP contribution in [0.3, 0.4) is 0 Å². The Labute approximate surface area is 117 Å². The van der Waals surface area contributed by atoms with Crippen molar-refractivity contribution in [1.82, 2.24) is 10.3 Å². The van der Waals surface area contributed by atoms with E-state index in [0.717, 1.165) is 17.7 Å². The SMILES string of the molecule is O=C(NCCc1ccccn1)c1ccc2c(c1)COC2. The van der Waals surface area contributed by atoms with Crippen LogP contribution in [0, 0.1) is 0 Å². The van der Waals surface area contributed by atoms with Crippen molar-refractivity contribution in [2.75, 3.05) is 6.54 Å². The molecule has 4 nitrogen and oxygen atoms in total. The lowest BCUT2D eigenvalue weighted by Gasteiger charge is -2.06. The maximum Gasteiger partial charge on any atom is 0.251 e. The first-order valence-electron chi connectivity index (χ1n) is 6.70. The Morgan fingerprint density at radius 2 is 2.10 bits per heavy atom. The van der Waals surface area contributed by atoms with Crippen LogP contribution in [0.25, 0.3) is 0 Å². The van der Waals surface area contributed by atoms with Gasteiger partial charge in [-0.1, -0.05) is 12.1 Å². The average molecular weight is 268 g/mol. The number of carbonyl (C=O) groups excluding carboxylic acids is 1. The molecule has 1 aliphatic rings. The Morgan fingerprint density at radius 3 is 2.95 bits per heavy atom. The highest BCUT2D eigenvalue weighted by molar-refractivity contribution is 5.94. The van der Waals surface area contributed by atoms with Gasteiger partial charge in [0.1, 0.15) is 0 Å². The van der Waals surface area contributed by atoms with E-state index >= 15 is 0 Å². The molecule has 20 heavy (non-hydrogen) atoms. The van der Waals surface area contributed by atoms with Crippen LogP contribution in [0.5, 0.6) is 0 Å². The van der Waals surface area contributed by atoms with Gasteiger partial charge in [0, 0.05) is 30.4 Å². The molecule has 1 amide bonds. The highest BCUT2D eigenvalue weighted by atomic mass is 16.5. The Kier molecular flexibility index (Phi) is 3.74. The highest BCUT2D eigenvalue weighted by Gasteiger charge is 2.13. The second-order valence-corrected chi connectivity index (χ2v) is 4.80. The summed E-state index contributed by atoms with van der Waals surface area (Å²) in [5.74, 6) is -0.0457. The molecular formula is C16H16N2O2. The summed E-state index contributed by atoms with van der Waals surface area (Å²) >= 11 is 0. The summed E-state index contributed by atoms with van der Waals surface area (Å²) in [5.41, 5.74) is 3.96. The Morgan fingerprint density at radius 1 is 1.20 bits per heavy atom. The molecule has 3 rings (SSSR count). The van der Waals surface area contributed by atoms with E-state index in [2.05, 4.69) is 10.3 Å². The minimum atomic E-state index is -0.0457. The number of carbonyl (C=O) groups is 1. The van der Waals surface area contributed by atoms with Crippen LogP contribution in [0.4, 0.5) is 0 Å². The predicted molar refractivity (Wildman–Crippen MR) is 75.2 cm³/mol. The van der Waals surface area contributed by atoms with Crippen LogP contribution in [-0.4, -0.2) is 17.4 Å². The largest absolute Gasteiger partial charge is 0.372 e. The lowest BCUT2D eigenvalue weighted by atomic mass is 10.1. The third-order valence-corrected chi connectivity index (χ3v) is 3.38. The zero-order valence-corrected chi connectivity index (χ0v) is 11.1. The van der Waals surface area contributed by atoms with Gasteiger partial charge in [-0.3, -0.25) is 9.78 Å². The topological polar surface area (TPSA) is 51.2 Å². The standard InChI is InChI=1S/C16H16N2O2/c19-16(18-8-6-15-3-1-2-7-17-15)12-4-5-13-10-20-11-14(13)9-12/h1-5,7,9H,6,8,10-11H2,(H,18,19). The molecule has 1 aromatic carbocycles. The number of nitrogens with one attached hydrogen (secondary N) is 1. The van der Waals surface area contributed by atoms with Crippen molar-refractivity contribution in [3.8, 4) is 0 Å². The molecule has 0 radical (unpaired) electrons. The predicted octanol–water partition coefficient (Wildman–Crippen LogP) is 2.08. The fraction of sp³-hybridized carbons (Fsp3) is 0.250. The van der Waals surface area contributed by atoms with E-state index in [9.17, 15) is 4.79 Å². The van der Waals surface area contributed by atoms with Gasteiger partial charge in [0.15, 0.2) is 0 Å². The monoisotopic (exact) mass is 268 g/mol. The van der Waals surface area contributed by atoms with E-state index in [1.807, 2.05) is 36.4 Å². The molecule has 0 saturated carbocycles. The molecule has 1 N–H and O–H groups in total. The van der Waals surface area contributed by atoms with E-state index in [4.69, 9.17) is 4.74 Å². The Bertz CT molecular complexity index is 611. The first-order chi connectivity index (χ1) is 9.83. The van der Waals surface area contributed by atoms with Gasteiger partial charge in [-0.25, -0.2) is 0 Å². The van der Waals surface area contributed by atoms with Crippen molar-refractivity contribution in [1.29, 1.82) is 0 Å². The van der Waals surface area contributed by atoms with Gasteiger partial charge in [0.25, 0.3) is 5.91 Å². The van der Waals surface area contributed by atoms with E-state index in [-0.39, 0.29) is 5.91 Å². The molecule has 2 heterocycles.